The third kappa shape index (κ3) is 29.6. The summed E-state index contributed by atoms with van der Waals surface area (Å²) in [5.74, 6) is 0. The van der Waals surface area contributed by atoms with Gasteiger partial charge in [-0.05, 0) is 13.3 Å². The lowest BCUT2D eigenvalue weighted by molar-refractivity contribution is 0.0446. The first kappa shape index (κ1) is 16.5. The fourth-order valence-corrected chi connectivity index (χ4v) is 0.708. The molecule has 1 unspecified atom stereocenters. The molecular formula is C8H21O5P. The lowest BCUT2D eigenvalue weighted by Crippen LogP contribution is -2.10. The second kappa shape index (κ2) is 13.1. The van der Waals surface area contributed by atoms with Gasteiger partial charge in [0.1, 0.15) is 0 Å². The molecular weight excluding hydrogens is 207 g/mol. The molecule has 0 fully saturated rings. The highest BCUT2D eigenvalue weighted by molar-refractivity contribution is 7.30. The summed E-state index contributed by atoms with van der Waals surface area (Å²) in [5, 5.41) is 8.78. The minimum atomic E-state index is -3.13. The molecule has 0 aliphatic carbocycles. The van der Waals surface area contributed by atoms with E-state index in [4.69, 9.17) is 24.2 Å². The van der Waals surface area contributed by atoms with Crippen molar-refractivity contribution in [3.8, 4) is 0 Å². The molecule has 0 aromatic carbocycles. The van der Waals surface area contributed by atoms with Crippen LogP contribution >= 0.6 is 8.25 Å². The van der Waals surface area contributed by atoms with Crippen LogP contribution in [0.25, 0.3) is 0 Å². The van der Waals surface area contributed by atoms with E-state index in [1.54, 1.807) is 6.92 Å². The highest BCUT2D eigenvalue weighted by atomic mass is 31.1. The van der Waals surface area contributed by atoms with Gasteiger partial charge in [-0.2, -0.15) is 0 Å². The van der Waals surface area contributed by atoms with Crippen LogP contribution < -0.4 is 0 Å². The van der Waals surface area contributed by atoms with E-state index >= 15 is 0 Å². The molecule has 0 bridgehead atoms. The Balaban J connectivity index is 0. The SMILES string of the molecule is CCCCCOCC(C)O.O=[PH](O)O. The van der Waals surface area contributed by atoms with Crippen LogP contribution in [-0.4, -0.2) is 34.2 Å². The summed E-state index contributed by atoms with van der Waals surface area (Å²) < 4.78 is 13.9. The van der Waals surface area contributed by atoms with Gasteiger partial charge in [-0.1, -0.05) is 19.8 Å². The lowest BCUT2D eigenvalue weighted by Gasteiger charge is -2.04. The first-order valence-electron chi connectivity index (χ1n) is 4.68. The van der Waals surface area contributed by atoms with Crippen molar-refractivity contribution in [1.82, 2.24) is 0 Å². The number of hydrogen-bond acceptors (Lipinski definition) is 3. The Hall–Kier alpha value is 0.0700. The highest BCUT2D eigenvalue weighted by Crippen LogP contribution is 1.98. The normalized spacial score (nSPS) is 12.1. The van der Waals surface area contributed by atoms with Crippen LogP contribution in [0, 0.1) is 0 Å². The predicted octanol–water partition coefficient (Wildman–Crippen LogP) is 0.935. The molecule has 0 amide bonds. The summed E-state index contributed by atoms with van der Waals surface area (Å²) in [6, 6.07) is 0. The van der Waals surface area contributed by atoms with Gasteiger partial charge in [-0.3, -0.25) is 4.57 Å². The maximum Gasteiger partial charge on any atom is 0.314 e. The van der Waals surface area contributed by atoms with Gasteiger partial charge < -0.3 is 19.6 Å². The average Bonchev–Trinajstić information content (AvgIpc) is 2.02. The van der Waals surface area contributed by atoms with E-state index in [-0.39, 0.29) is 6.10 Å². The molecule has 6 heteroatoms. The van der Waals surface area contributed by atoms with Gasteiger partial charge in [0.15, 0.2) is 0 Å². The molecule has 1 atom stereocenters. The molecule has 0 saturated carbocycles. The topological polar surface area (TPSA) is 87.0 Å². The van der Waals surface area contributed by atoms with Crippen LogP contribution in [0.2, 0.25) is 0 Å². The Morgan fingerprint density at radius 1 is 1.36 bits per heavy atom. The van der Waals surface area contributed by atoms with Crippen LogP contribution in [0.1, 0.15) is 33.1 Å². The third-order valence-electron chi connectivity index (χ3n) is 1.25. The summed E-state index contributed by atoms with van der Waals surface area (Å²) in [5.41, 5.74) is 0. The zero-order valence-electron chi connectivity index (χ0n) is 8.77. The minimum absolute atomic E-state index is 0.318. The standard InChI is InChI=1S/C8H18O2.H3O3P/c1-3-4-5-6-10-7-8(2)9;1-4(2)3/h8-9H,3-7H2,1-2H3;4H,(H2,1,2,3). The second-order valence-corrected chi connectivity index (χ2v) is 3.48. The minimum Gasteiger partial charge on any atom is -0.391 e. The van der Waals surface area contributed by atoms with Gasteiger partial charge in [-0.15, -0.1) is 0 Å². The quantitative estimate of drug-likeness (QED) is 0.465. The van der Waals surface area contributed by atoms with Gasteiger partial charge in [0, 0.05) is 6.61 Å². The molecule has 14 heavy (non-hydrogen) atoms. The molecule has 0 heterocycles. The molecule has 0 aromatic rings. The Bertz CT molecular complexity index is 125. The van der Waals surface area contributed by atoms with Gasteiger partial charge in [0.25, 0.3) is 0 Å². The van der Waals surface area contributed by atoms with Crippen molar-refractivity contribution in [2.75, 3.05) is 13.2 Å². The van der Waals surface area contributed by atoms with E-state index in [1.165, 1.54) is 12.8 Å². The second-order valence-electron chi connectivity index (χ2n) is 2.91. The highest BCUT2D eigenvalue weighted by Gasteiger charge is 1.93. The first-order chi connectivity index (χ1) is 6.50. The predicted molar refractivity (Wildman–Crippen MR) is 55.5 cm³/mol. The first-order valence-corrected chi connectivity index (χ1v) is 5.98. The molecule has 88 valence electrons. The van der Waals surface area contributed by atoms with Crippen LogP contribution in [0.3, 0.4) is 0 Å². The number of ether oxygens (including phenoxy) is 1. The number of hydrogen-bond donors (Lipinski definition) is 3. The van der Waals surface area contributed by atoms with Crippen molar-refractivity contribution in [2.45, 2.75) is 39.2 Å². The zero-order valence-corrected chi connectivity index (χ0v) is 9.77. The van der Waals surface area contributed by atoms with Crippen molar-refractivity contribution >= 4 is 8.25 Å². The molecule has 5 nitrogen and oxygen atoms in total. The summed E-state index contributed by atoms with van der Waals surface area (Å²) in [6.07, 6.45) is 3.24. The summed E-state index contributed by atoms with van der Waals surface area (Å²) in [7, 11) is -3.13. The molecule has 0 radical (unpaired) electrons. The summed E-state index contributed by atoms with van der Waals surface area (Å²) in [6.45, 7) is 5.16. The number of aliphatic hydroxyl groups is 1. The Kier molecular flexibility index (Phi) is 15.4. The maximum atomic E-state index is 8.78. The monoisotopic (exact) mass is 228 g/mol. The number of rotatable bonds is 6. The largest absolute Gasteiger partial charge is 0.391 e. The smallest absolute Gasteiger partial charge is 0.314 e. The third-order valence-corrected chi connectivity index (χ3v) is 1.25. The Labute approximate surface area is 85.7 Å². The molecule has 0 rings (SSSR count). The van der Waals surface area contributed by atoms with E-state index in [0.717, 1.165) is 13.0 Å². The van der Waals surface area contributed by atoms with Crippen LogP contribution in [0.15, 0.2) is 0 Å². The number of aliphatic hydroxyl groups excluding tert-OH is 1. The van der Waals surface area contributed by atoms with E-state index in [9.17, 15) is 0 Å². The van der Waals surface area contributed by atoms with Gasteiger partial charge in [-0.25, -0.2) is 0 Å². The lowest BCUT2D eigenvalue weighted by atomic mass is 10.3. The molecule has 0 aliphatic rings. The van der Waals surface area contributed by atoms with E-state index in [2.05, 4.69) is 6.92 Å². The summed E-state index contributed by atoms with van der Waals surface area (Å²) in [4.78, 5) is 14.3. The Morgan fingerprint density at radius 3 is 2.21 bits per heavy atom. The molecule has 0 saturated heterocycles. The fourth-order valence-electron chi connectivity index (χ4n) is 0.708. The Morgan fingerprint density at radius 2 is 1.86 bits per heavy atom. The number of unbranched alkanes of at least 4 members (excludes halogenated alkanes) is 2. The van der Waals surface area contributed by atoms with Crippen molar-refractivity contribution in [2.24, 2.45) is 0 Å². The van der Waals surface area contributed by atoms with Crippen molar-refractivity contribution in [1.29, 1.82) is 0 Å². The maximum absolute atomic E-state index is 8.78. The van der Waals surface area contributed by atoms with Crippen molar-refractivity contribution in [3.63, 3.8) is 0 Å². The van der Waals surface area contributed by atoms with Crippen LogP contribution in [0.5, 0.6) is 0 Å². The van der Waals surface area contributed by atoms with Crippen LogP contribution in [0.4, 0.5) is 0 Å². The van der Waals surface area contributed by atoms with Crippen molar-refractivity contribution in [3.05, 3.63) is 0 Å². The molecule has 0 aliphatic heterocycles. The van der Waals surface area contributed by atoms with Crippen LogP contribution in [-0.2, 0) is 9.30 Å². The molecule has 3 N–H and O–H groups in total. The summed E-state index contributed by atoms with van der Waals surface area (Å²) >= 11 is 0. The van der Waals surface area contributed by atoms with E-state index in [1.807, 2.05) is 0 Å². The van der Waals surface area contributed by atoms with Gasteiger partial charge in [0.2, 0.25) is 0 Å². The van der Waals surface area contributed by atoms with E-state index < -0.39 is 8.25 Å². The van der Waals surface area contributed by atoms with Gasteiger partial charge >= 0.3 is 8.25 Å². The average molecular weight is 228 g/mol. The molecule has 0 aromatic heterocycles. The fraction of sp³-hybridized carbons (Fsp3) is 1.00. The molecule has 0 spiro atoms. The van der Waals surface area contributed by atoms with Crippen molar-refractivity contribution < 1.29 is 24.2 Å². The zero-order chi connectivity index (χ0) is 11.4. The van der Waals surface area contributed by atoms with Gasteiger partial charge in [0.05, 0.1) is 12.7 Å². The van der Waals surface area contributed by atoms with E-state index in [0.29, 0.717) is 6.61 Å².